The van der Waals surface area contributed by atoms with Crippen LogP contribution >= 0.6 is 11.3 Å². The molecule has 8 nitrogen and oxygen atoms in total. The number of morpholine rings is 1. The van der Waals surface area contributed by atoms with Crippen LogP contribution in [-0.2, 0) is 11.3 Å². The molecule has 3 aromatic heterocycles. The molecule has 1 atom stereocenters. The third-order valence-corrected chi connectivity index (χ3v) is 6.03. The van der Waals surface area contributed by atoms with E-state index in [1.54, 1.807) is 24.3 Å². The molecule has 3 aromatic rings. The Morgan fingerprint density at radius 1 is 1.23 bits per heavy atom. The molecule has 4 heterocycles. The molecule has 1 fully saturated rings. The summed E-state index contributed by atoms with van der Waals surface area (Å²) in [5.41, 5.74) is 4.06. The first-order valence-corrected chi connectivity index (χ1v) is 10.7. The molecule has 1 N–H and O–H groups in total. The number of nitrogens with zero attached hydrogens (tertiary/aromatic N) is 4. The highest BCUT2D eigenvalue weighted by Gasteiger charge is 2.23. The molecule has 9 heteroatoms. The van der Waals surface area contributed by atoms with E-state index in [9.17, 15) is 4.79 Å². The van der Waals surface area contributed by atoms with Crippen LogP contribution in [0.2, 0.25) is 0 Å². The maximum absolute atomic E-state index is 12.4. The van der Waals surface area contributed by atoms with E-state index in [1.165, 1.54) is 0 Å². The Labute approximate surface area is 179 Å². The normalized spacial score (nSPS) is 16.7. The van der Waals surface area contributed by atoms with Crippen molar-refractivity contribution in [3.05, 3.63) is 46.7 Å². The highest BCUT2D eigenvalue weighted by molar-refractivity contribution is 7.19. The minimum absolute atomic E-state index is 0.162. The number of ether oxygens (including phenoxy) is 1. The van der Waals surface area contributed by atoms with E-state index in [-0.39, 0.29) is 17.7 Å². The largest absolute Gasteiger partial charge is 0.375 e. The Morgan fingerprint density at radius 3 is 2.67 bits per heavy atom. The molecule has 0 aromatic carbocycles. The number of hydrogen-bond donors (Lipinski definition) is 1. The summed E-state index contributed by atoms with van der Waals surface area (Å²) >= 11 is 1.64. The molecule has 4 rings (SSSR count). The van der Waals surface area contributed by atoms with Crippen LogP contribution in [0.5, 0.6) is 0 Å². The maximum Gasteiger partial charge on any atom is 0.273 e. The molecule has 0 spiro atoms. The van der Waals surface area contributed by atoms with Crippen LogP contribution in [0.4, 0.5) is 5.13 Å². The lowest BCUT2D eigenvalue weighted by Crippen LogP contribution is -2.41. The summed E-state index contributed by atoms with van der Waals surface area (Å²) < 4.78 is 10.7. The fourth-order valence-electron chi connectivity index (χ4n) is 3.51. The zero-order valence-corrected chi connectivity index (χ0v) is 18.4. The van der Waals surface area contributed by atoms with Crippen LogP contribution in [0.3, 0.4) is 0 Å². The second kappa shape index (κ2) is 8.53. The second-order valence-corrected chi connectivity index (χ2v) is 8.52. The standard InChI is InChI=1S/C21H25N5O3S/c1-12-7-16(8-13(2)23-12)19-18(10-22-20(27)17-9-14(3)29-25-17)24-21(30-19)26-5-6-28-15(4)11-26/h7-9,15H,5-6,10-11H2,1-4H3,(H,22,27)/t15-/m1/s1. The van der Waals surface area contributed by atoms with Crippen molar-refractivity contribution in [2.45, 2.75) is 40.3 Å². The number of aryl methyl sites for hydroxylation is 3. The van der Waals surface area contributed by atoms with E-state index in [4.69, 9.17) is 14.2 Å². The Balaban J connectivity index is 1.63. The fourth-order valence-corrected chi connectivity index (χ4v) is 4.61. The Kier molecular flexibility index (Phi) is 5.83. The van der Waals surface area contributed by atoms with Gasteiger partial charge in [-0.3, -0.25) is 9.78 Å². The minimum atomic E-state index is -0.283. The number of anilines is 1. The third-order valence-electron chi connectivity index (χ3n) is 4.82. The summed E-state index contributed by atoms with van der Waals surface area (Å²) in [7, 11) is 0. The van der Waals surface area contributed by atoms with Gasteiger partial charge in [0, 0.05) is 30.5 Å². The molecule has 1 aliphatic rings. The molecule has 0 radical (unpaired) electrons. The zero-order valence-electron chi connectivity index (χ0n) is 17.6. The first-order valence-electron chi connectivity index (χ1n) is 9.92. The number of thiazole rings is 1. The minimum Gasteiger partial charge on any atom is -0.375 e. The van der Waals surface area contributed by atoms with Gasteiger partial charge in [0.15, 0.2) is 10.8 Å². The van der Waals surface area contributed by atoms with Crippen molar-refractivity contribution < 1.29 is 14.1 Å². The van der Waals surface area contributed by atoms with Crippen LogP contribution < -0.4 is 10.2 Å². The molecular formula is C21H25N5O3S. The Hall–Kier alpha value is -2.78. The van der Waals surface area contributed by atoms with Crippen molar-refractivity contribution in [2.75, 3.05) is 24.6 Å². The molecule has 0 saturated carbocycles. The number of amides is 1. The van der Waals surface area contributed by atoms with Gasteiger partial charge in [-0.2, -0.15) is 0 Å². The van der Waals surface area contributed by atoms with Gasteiger partial charge in [0.05, 0.1) is 29.8 Å². The molecule has 1 amide bonds. The number of nitrogens with one attached hydrogen (secondary N) is 1. The monoisotopic (exact) mass is 427 g/mol. The molecule has 158 valence electrons. The summed E-state index contributed by atoms with van der Waals surface area (Å²) in [6.45, 7) is 10.4. The molecule has 1 aliphatic heterocycles. The van der Waals surface area contributed by atoms with Gasteiger partial charge in [-0.05, 0) is 45.4 Å². The number of carbonyl (C=O) groups is 1. The van der Waals surface area contributed by atoms with Gasteiger partial charge in [0.2, 0.25) is 0 Å². The van der Waals surface area contributed by atoms with Gasteiger partial charge < -0.3 is 19.5 Å². The number of pyridine rings is 1. The van der Waals surface area contributed by atoms with Crippen molar-refractivity contribution in [3.63, 3.8) is 0 Å². The van der Waals surface area contributed by atoms with Gasteiger partial charge in [0.25, 0.3) is 5.91 Å². The van der Waals surface area contributed by atoms with Crippen molar-refractivity contribution in [2.24, 2.45) is 0 Å². The van der Waals surface area contributed by atoms with E-state index >= 15 is 0 Å². The van der Waals surface area contributed by atoms with Crippen molar-refractivity contribution >= 4 is 22.4 Å². The summed E-state index contributed by atoms with van der Waals surface area (Å²) in [6.07, 6.45) is 0.162. The summed E-state index contributed by atoms with van der Waals surface area (Å²) in [6, 6.07) is 5.73. The number of aromatic nitrogens is 3. The van der Waals surface area contributed by atoms with Gasteiger partial charge >= 0.3 is 0 Å². The fraction of sp³-hybridized carbons (Fsp3) is 0.429. The lowest BCUT2D eigenvalue weighted by molar-refractivity contribution is 0.0532. The highest BCUT2D eigenvalue weighted by atomic mass is 32.1. The predicted molar refractivity (Wildman–Crippen MR) is 115 cm³/mol. The van der Waals surface area contributed by atoms with Crippen molar-refractivity contribution in [1.82, 2.24) is 20.4 Å². The molecule has 1 saturated heterocycles. The van der Waals surface area contributed by atoms with E-state index in [0.29, 0.717) is 18.9 Å². The smallest absolute Gasteiger partial charge is 0.273 e. The SMILES string of the molecule is Cc1cc(-c2sc(N3CCO[C@H](C)C3)nc2CNC(=O)c2cc(C)on2)cc(C)n1. The van der Waals surface area contributed by atoms with Crippen LogP contribution in [0.1, 0.15) is 40.3 Å². The topological polar surface area (TPSA) is 93.4 Å². The molecular weight excluding hydrogens is 402 g/mol. The second-order valence-electron chi connectivity index (χ2n) is 7.54. The first-order chi connectivity index (χ1) is 14.4. The number of rotatable bonds is 5. The summed E-state index contributed by atoms with van der Waals surface area (Å²) in [5.74, 6) is 0.315. The van der Waals surface area contributed by atoms with Crippen molar-refractivity contribution in [1.29, 1.82) is 0 Å². The van der Waals surface area contributed by atoms with Gasteiger partial charge in [-0.25, -0.2) is 4.98 Å². The predicted octanol–water partition coefficient (Wildman–Crippen LogP) is 3.27. The summed E-state index contributed by atoms with van der Waals surface area (Å²) in [4.78, 5) is 25.1. The van der Waals surface area contributed by atoms with Crippen molar-refractivity contribution in [3.8, 4) is 10.4 Å². The van der Waals surface area contributed by atoms with Crippen LogP contribution in [-0.4, -0.2) is 46.8 Å². The molecule has 0 bridgehead atoms. The van der Waals surface area contributed by atoms with Crippen LogP contribution in [0.25, 0.3) is 10.4 Å². The number of hydrogen-bond acceptors (Lipinski definition) is 8. The van der Waals surface area contributed by atoms with Gasteiger partial charge in [-0.15, -0.1) is 0 Å². The number of carbonyl (C=O) groups excluding carboxylic acids is 1. The lowest BCUT2D eigenvalue weighted by Gasteiger charge is -2.30. The quantitative estimate of drug-likeness (QED) is 0.668. The average molecular weight is 428 g/mol. The molecule has 0 unspecified atom stereocenters. The maximum atomic E-state index is 12.4. The van der Waals surface area contributed by atoms with E-state index in [2.05, 4.69) is 39.4 Å². The van der Waals surface area contributed by atoms with Gasteiger partial charge in [0.1, 0.15) is 5.76 Å². The highest BCUT2D eigenvalue weighted by Crippen LogP contribution is 2.36. The van der Waals surface area contributed by atoms with E-state index in [0.717, 1.165) is 45.7 Å². The Bertz CT molecular complexity index is 1040. The van der Waals surface area contributed by atoms with E-state index < -0.39 is 0 Å². The van der Waals surface area contributed by atoms with Gasteiger partial charge in [-0.1, -0.05) is 16.5 Å². The molecule has 0 aliphatic carbocycles. The molecule has 30 heavy (non-hydrogen) atoms. The summed E-state index contributed by atoms with van der Waals surface area (Å²) in [5, 5.41) is 7.64. The van der Waals surface area contributed by atoms with Crippen LogP contribution in [0.15, 0.2) is 22.7 Å². The zero-order chi connectivity index (χ0) is 21.3. The first kappa shape index (κ1) is 20.5. The lowest BCUT2D eigenvalue weighted by atomic mass is 10.1. The van der Waals surface area contributed by atoms with Crippen LogP contribution in [0, 0.1) is 20.8 Å². The van der Waals surface area contributed by atoms with E-state index in [1.807, 2.05) is 13.8 Å². The Morgan fingerprint density at radius 2 is 2.00 bits per heavy atom. The average Bonchev–Trinajstić information content (AvgIpc) is 3.32. The third kappa shape index (κ3) is 4.52.